The zero-order chi connectivity index (χ0) is 12.4. The van der Waals surface area contributed by atoms with E-state index >= 15 is 0 Å². The molecular weight excluding hydrogens is 302 g/mol. The van der Waals surface area contributed by atoms with Gasteiger partial charge in [0, 0.05) is 23.4 Å². The van der Waals surface area contributed by atoms with Crippen LogP contribution in [-0.2, 0) is 10.6 Å². The lowest BCUT2D eigenvalue weighted by Gasteiger charge is -2.37. The fraction of sp³-hybridized carbons (Fsp3) is 0.538. The van der Waals surface area contributed by atoms with Crippen molar-refractivity contribution in [1.29, 1.82) is 0 Å². The molecule has 1 saturated heterocycles. The SMILES string of the molecule is C[C@@H]1CN(c2ccc(CCl)cc2Br)C[C@H](C)O1. The van der Waals surface area contributed by atoms with Crippen LogP contribution in [0.4, 0.5) is 5.69 Å². The van der Waals surface area contributed by atoms with Gasteiger partial charge in [0.25, 0.3) is 0 Å². The number of hydrogen-bond donors (Lipinski definition) is 0. The van der Waals surface area contributed by atoms with Gasteiger partial charge in [0.05, 0.1) is 17.9 Å². The molecule has 1 aliphatic rings. The van der Waals surface area contributed by atoms with Crippen molar-refractivity contribution in [1.82, 2.24) is 0 Å². The Hall–Kier alpha value is -0.250. The van der Waals surface area contributed by atoms with Crippen molar-refractivity contribution < 1.29 is 4.74 Å². The summed E-state index contributed by atoms with van der Waals surface area (Å²) in [6, 6.07) is 6.30. The van der Waals surface area contributed by atoms with Gasteiger partial charge < -0.3 is 9.64 Å². The Morgan fingerprint density at radius 2 is 2.00 bits per heavy atom. The van der Waals surface area contributed by atoms with E-state index in [2.05, 4.69) is 52.9 Å². The number of ether oxygens (including phenoxy) is 1. The second-order valence-electron chi connectivity index (χ2n) is 4.58. The number of anilines is 1. The first kappa shape index (κ1) is 13.2. The van der Waals surface area contributed by atoms with Crippen molar-refractivity contribution in [2.75, 3.05) is 18.0 Å². The van der Waals surface area contributed by atoms with Gasteiger partial charge in [0.2, 0.25) is 0 Å². The van der Waals surface area contributed by atoms with E-state index in [1.165, 1.54) is 5.69 Å². The largest absolute Gasteiger partial charge is 0.372 e. The molecule has 0 unspecified atom stereocenters. The highest BCUT2D eigenvalue weighted by Crippen LogP contribution is 2.30. The lowest BCUT2D eigenvalue weighted by molar-refractivity contribution is -0.00525. The molecule has 0 spiro atoms. The van der Waals surface area contributed by atoms with Crippen LogP contribution in [0.3, 0.4) is 0 Å². The van der Waals surface area contributed by atoms with Gasteiger partial charge in [0.1, 0.15) is 0 Å². The van der Waals surface area contributed by atoms with Crippen LogP contribution in [0.25, 0.3) is 0 Å². The van der Waals surface area contributed by atoms with Crippen molar-refractivity contribution in [3.8, 4) is 0 Å². The van der Waals surface area contributed by atoms with Crippen LogP contribution in [-0.4, -0.2) is 25.3 Å². The molecule has 0 aromatic heterocycles. The van der Waals surface area contributed by atoms with E-state index in [0.717, 1.165) is 23.1 Å². The van der Waals surface area contributed by atoms with Crippen molar-refractivity contribution >= 4 is 33.2 Å². The molecule has 1 heterocycles. The minimum Gasteiger partial charge on any atom is -0.372 e. The van der Waals surface area contributed by atoms with Crippen LogP contribution in [0, 0.1) is 0 Å². The summed E-state index contributed by atoms with van der Waals surface area (Å²) in [6.45, 7) is 6.10. The molecule has 1 aliphatic heterocycles. The number of morpholine rings is 1. The maximum absolute atomic E-state index is 5.83. The zero-order valence-corrected chi connectivity index (χ0v) is 12.5. The van der Waals surface area contributed by atoms with E-state index in [4.69, 9.17) is 16.3 Å². The molecule has 17 heavy (non-hydrogen) atoms. The maximum atomic E-state index is 5.83. The molecule has 0 radical (unpaired) electrons. The van der Waals surface area contributed by atoms with Gasteiger partial charge >= 0.3 is 0 Å². The van der Waals surface area contributed by atoms with Crippen molar-refractivity contribution in [2.45, 2.75) is 31.9 Å². The highest BCUT2D eigenvalue weighted by molar-refractivity contribution is 9.10. The Bertz CT molecular complexity index is 389. The summed E-state index contributed by atoms with van der Waals surface area (Å²) in [5.74, 6) is 0.550. The lowest BCUT2D eigenvalue weighted by atomic mass is 10.1. The number of alkyl halides is 1. The van der Waals surface area contributed by atoms with Crippen LogP contribution >= 0.6 is 27.5 Å². The van der Waals surface area contributed by atoms with Crippen LogP contribution < -0.4 is 4.90 Å². The van der Waals surface area contributed by atoms with Gasteiger partial charge in [-0.1, -0.05) is 6.07 Å². The Labute approximate surface area is 116 Å². The summed E-state index contributed by atoms with van der Waals surface area (Å²) in [4.78, 5) is 2.36. The topological polar surface area (TPSA) is 12.5 Å². The van der Waals surface area contributed by atoms with Gasteiger partial charge in [-0.2, -0.15) is 0 Å². The van der Waals surface area contributed by atoms with E-state index in [-0.39, 0.29) is 12.2 Å². The third kappa shape index (κ3) is 3.15. The van der Waals surface area contributed by atoms with E-state index in [9.17, 15) is 0 Å². The minimum absolute atomic E-state index is 0.276. The van der Waals surface area contributed by atoms with Gasteiger partial charge in [-0.15, -0.1) is 11.6 Å². The minimum atomic E-state index is 0.276. The summed E-state index contributed by atoms with van der Waals surface area (Å²) in [5.41, 5.74) is 2.36. The number of halogens is 2. The molecule has 2 atom stereocenters. The van der Waals surface area contributed by atoms with Crippen LogP contribution in [0.2, 0.25) is 0 Å². The van der Waals surface area contributed by atoms with Crippen LogP contribution in [0.1, 0.15) is 19.4 Å². The zero-order valence-electron chi connectivity index (χ0n) is 10.1. The highest BCUT2D eigenvalue weighted by atomic mass is 79.9. The highest BCUT2D eigenvalue weighted by Gasteiger charge is 2.23. The lowest BCUT2D eigenvalue weighted by Crippen LogP contribution is -2.45. The van der Waals surface area contributed by atoms with Gasteiger partial charge in [-0.05, 0) is 47.5 Å². The fourth-order valence-corrected chi connectivity index (χ4v) is 3.11. The summed E-state index contributed by atoms with van der Waals surface area (Å²) >= 11 is 9.45. The molecule has 2 nitrogen and oxygen atoms in total. The fourth-order valence-electron chi connectivity index (χ4n) is 2.26. The predicted molar refractivity (Wildman–Crippen MR) is 75.9 cm³/mol. The molecule has 1 aromatic carbocycles. The molecule has 94 valence electrons. The number of hydrogen-bond acceptors (Lipinski definition) is 2. The second-order valence-corrected chi connectivity index (χ2v) is 5.70. The summed E-state index contributed by atoms with van der Waals surface area (Å²) in [7, 11) is 0. The molecule has 0 aliphatic carbocycles. The van der Waals surface area contributed by atoms with Gasteiger partial charge in [-0.3, -0.25) is 0 Å². The van der Waals surface area contributed by atoms with E-state index in [1.54, 1.807) is 0 Å². The Morgan fingerprint density at radius 3 is 2.53 bits per heavy atom. The van der Waals surface area contributed by atoms with Crippen molar-refractivity contribution in [2.24, 2.45) is 0 Å². The molecule has 0 N–H and O–H groups in total. The predicted octanol–water partition coefficient (Wildman–Crippen LogP) is 3.80. The number of rotatable bonds is 2. The van der Waals surface area contributed by atoms with E-state index in [0.29, 0.717) is 5.88 Å². The molecular formula is C13H17BrClNO. The standard InChI is InChI=1S/C13H17BrClNO/c1-9-7-16(8-10(2)17-9)13-4-3-11(6-15)5-12(13)14/h3-5,9-10H,6-8H2,1-2H3/t9-,10+. The van der Waals surface area contributed by atoms with E-state index < -0.39 is 0 Å². The smallest absolute Gasteiger partial charge is 0.0726 e. The average Bonchev–Trinajstić information content (AvgIpc) is 2.27. The number of benzene rings is 1. The molecule has 2 rings (SSSR count). The third-order valence-corrected chi connectivity index (χ3v) is 3.87. The monoisotopic (exact) mass is 317 g/mol. The van der Waals surface area contributed by atoms with Gasteiger partial charge in [0.15, 0.2) is 0 Å². The first-order chi connectivity index (χ1) is 8.10. The second kappa shape index (κ2) is 5.59. The van der Waals surface area contributed by atoms with E-state index in [1.807, 2.05) is 0 Å². The molecule has 0 saturated carbocycles. The Balaban J connectivity index is 2.21. The Kier molecular flexibility index (Phi) is 4.34. The van der Waals surface area contributed by atoms with Gasteiger partial charge in [-0.25, -0.2) is 0 Å². The normalized spacial score (nSPS) is 25.1. The molecule has 1 aromatic rings. The van der Waals surface area contributed by atoms with Crippen LogP contribution in [0.15, 0.2) is 22.7 Å². The summed E-state index contributed by atoms with van der Waals surface area (Å²) in [5, 5.41) is 0. The Morgan fingerprint density at radius 1 is 1.35 bits per heavy atom. The van der Waals surface area contributed by atoms with Crippen molar-refractivity contribution in [3.63, 3.8) is 0 Å². The molecule has 0 bridgehead atoms. The van der Waals surface area contributed by atoms with Crippen molar-refractivity contribution in [3.05, 3.63) is 28.2 Å². The molecule has 0 amide bonds. The average molecular weight is 319 g/mol. The third-order valence-electron chi connectivity index (χ3n) is 2.93. The quantitative estimate of drug-likeness (QED) is 0.769. The summed E-state index contributed by atoms with van der Waals surface area (Å²) in [6.07, 6.45) is 0.553. The maximum Gasteiger partial charge on any atom is 0.0726 e. The summed E-state index contributed by atoms with van der Waals surface area (Å²) < 4.78 is 6.85. The first-order valence-corrected chi connectivity index (χ1v) is 7.17. The van der Waals surface area contributed by atoms with Crippen LogP contribution in [0.5, 0.6) is 0 Å². The number of nitrogens with zero attached hydrogens (tertiary/aromatic N) is 1. The molecule has 1 fully saturated rings. The first-order valence-electron chi connectivity index (χ1n) is 5.85. The molecule has 4 heteroatoms.